The predicted octanol–water partition coefficient (Wildman–Crippen LogP) is 4.19. The number of pyridine rings is 2. The van der Waals surface area contributed by atoms with Crippen molar-refractivity contribution in [3.8, 4) is 11.5 Å². The molecule has 8 nitrogen and oxygen atoms in total. The van der Waals surface area contributed by atoms with E-state index in [1.807, 2.05) is 0 Å². The van der Waals surface area contributed by atoms with E-state index in [-0.39, 0.29) is 34.7 Å². The van der Waals surface area contributed by atoms with Gasteiger partial charge in [-0.1, -0.05) is 6.07 Å². The van der Waals surface area contributed by atoms with E-state index in [2.05, 4.69) is 35.6 Å². The van der Waals surface area contributed by atoms with Crippen molar-refractivity contribution >= 4 is 34.3 Å². The summed E-state index contributed by atoms with van der Waals surface area (Å²) in [4.78, 5) is 30.5. The maximum Gasteiger partial charge on any atom is 0.280 e. The number of hydrogen-bond donors (Lipinski definition) is 3. The third-order valence-electron chi connectivity index (χ3n) is 4.05. The van der Waals surface area contributed by atoms with E-state index in [1.54, 1.807) is 12.3 Å². The number of carbonyl (C=O) groups is 1. The van der Waals surface area contributed by atoms with Crippen molar-refractivity contribution in [1.82, 2.24) is 24.9 Å². The molecule has 152 valence electrons. The first-order valence-electron chi connectivity index (χ1n) is 8.71. The molecule has 0 bridgehead atoms. The number of aromatic nitrogens is 5. The van der Waals surface area contributed by atoms with Crippen LogP contribution < -0.4 is 10.6 Å². The normalized spacial score (nSPS) is 11.1. The lowest BCUT2D eigenvalue weighted by Gasteiger charge is -2.11. The van der Waals surface area contributed by atoms with Crippen molar-refractivity contribution in [3.63, 3.8) is 0 Å². The maximum absolute atomic E-state index is 14.3. The number of rotatable bonds is 5. The van der Waals surface area contributed by atoms with Gasteiger partial charge in [0.2, 0.25) is 5.91 Å². The minimum atomic E-state index is -2.74. The second-order valence-corrected chi connectivity index (χ2v) is 6.24. The zero-order valence-electron chi connectivity index (χ0n) is 15.4. The Labute approximate surface area is 167 Å². The molecule has 0 aliphatic rings. The quantitative estimate of drug-likeness (QED) is 0.453. The Morgan fingerprint density at radius 3 is 2.77 bits per heavy atom. The number of hydrogen-bond acceptors (Lipinski definition) is 6. The molecule has 0 saturated carbocycles. The molecule has 4 aromatic rings. The first kappa shape index (κ1) is 19.3. The first-order valence-corrected chi connectivity index (χ1v) is 8.71. The van der Waals surface area contributed by atoms with Crippen LogP contribution in [-0.2, 0) is 4.79 Å². The van der Waals surface area contributed by atoms with Gasteiger partial charge in [-0.15, -0.1) is 0 Å². The van der Waals surface area contributed by atoms with Gasteiger partial charge in [-0.25, -0.2) is 33.1 Å². The molecule has 3 N–H and O–H groups in total. The van der Waals surface area contributed by atoms with Crippen molar-refractivity contribution < 1.29 is 18.0 Å². The Morgan fingerprint density at radius 2 is 2.00 bits per heavy atom. The van der Waals surface area contributed by atoms with E-state index in [9.17, 15) is 18.0 Å². The van der Waals surface area contributed by atoms with Crippen LogP contribution in [0.1, 0.15) is 19.0 Å². The van der Waals surface area contributed by atoms with E-state index in [1.165, 1.54) is 31.2 Å². The minimum absolute atomic E-state index is 0.00944. The molecule has 4 aromatic heterocycles. The van der Waals surface area contributed by atoms with Gasteiger partial charge in [-0.3, -0.25) is 4.79 Å². The van der Waals surface area contributed by atoms with Gasteiger partial charge in [-0.2, -0.15) is 0 Å². The number of alkyl halides is 2. The molecule has 4 rings (SSSR count). The Kier molecular flexibility index (Phi) is 5.00. The second kappa shape index (κ2) is 7.78. The maximum atomic E-state index is 14.3. The standard InChI is InChI=1S/C19H14F3N7O/c1-9(30)25-15-7-14(11(20)8-24-15)27-18-10-5-6-23-17(10)28-19(29-18)13-4-2-3-12(26-13)16(21)22/h2-8,16H,1H3,(H3,23,24,25,27,28,29,30). The molecule has 0 atom stereocenters. The van der Waals surface area contributed by atoms with Gasteiger partial charge < -0.3 is 15.6 Å². The highest BCUT2D eigenvalue weighted by Crippen LogP contribution is 2.29. The van der Waals surface area contributed by atoms with E-state index in [0.29, 0.717) is 11.0 Å². The summed E-state index contributed by atoms with van der Waals surface area (Å²) in [6, 6.07) is 7.13. The number of nitrogens with zero attached hydrogens (tertiary/aromatic N) is 4. The molecule has 0 spiro atoms. The molecule has 0 aromatic carbocycles. The lowest BCUT2D eigenvalue weighted by Crippen LogP contribution is -2.08. The van der Waals surface area contributed by atoms with Crippen molar-refractivity contribution in [1.29, 1.82) is 0 Å². The summed E-state index contributed by atoms with van der Waals surface area (Å²) >= 11 is 0. The molecule has 0 aliphatic heterocycles. The SMILES string of the molecule is CC(=O)Nc1cc(Nc2nc(-c3cccc(C(F)F)n3)nc3[nH]ccc23)c(F)cn1. The van der Waals surface area contributed by atoms with Crippen LogP contribution in [0.5, 0.6) is 0 Å². The van der Waals surface area contributed by atoms with E-state index < -0.39 is 17.9 Å². The summed E-state index contributed by atoms with van der Waals surface area (Å²) in [5.41, 5.74) is 0.150. The molecular weight excluding hydrogens is 399 g/mol. The Balaban J connectivity index is 1.78. The fourth-order valence-electron chi connectivity index (χ4n) is 2.76. The zero-order valence-corrected chi connectivity index (χ0v) is 15.4. The third-order valence-corrected chi connectivity index (χ3v) is 4.05. The summed E-state index contributed by atoms with van der Waals surface area (Å²) in [6.07, 6.45) is -0.171. The Bertz CT molecular complexity index is 1240. The van der Waals surface area contributed by atoms with Gasteiger partial charge in [0.1, 0.15) is 28.7 Å². The number of amides is 1. The number of aromatic amines is 1. The molecule has 0 radical (unpaired) electrons. The van der Waals surface area contributed by atoms with Gasteiger partial charge >= 0.3 is 0 Å². The average molecular weight is 413 g/mol. The summed E-state index contributed by atoms with van der Waals surface area (Å²) in [6.45, 7) is 1.30. The lowest BCUT2D eigenvalue weighted by molar-refractivity contribution is -0.114. The van der Waals surface area contributed by atoms with Crippen LogP contribution in [0.3, 0.4) is 0 Å². The minimum Gasteiger partial charge on any atom is -0.346 e. The van der Waals surface area contributed by atoms with Crippen molar-refractivity contribution in [3.05, 3.63) is 54.2 Å². The van der Waals surface area contributed by atoms with Gasteiger partial charge in [0.05, 0.1) is 17.3 Å². The van der Waals surface area contributed by atoms with Crippen molar-refractivity contribution in [2.24, 2.45) is 0 Å². The van der Waals surface area contributed by atoms with E-state index in [4.69, 9.17) is 0 Å². The van der Waals surface area contributed by atoms with Gasteiger partial charge in [0.15, 0.2) is 11.6 Å². The predicted molar refractivity (Wildman–Crippen MR) is 104 cm³/mol. The molecule has 30 heavy (non-hydrogen) atoms. The lowest BCUT2D eigenvalue weighted by atomic mass is 10.2. The highest BCUT2D eigenvalue weighted by Gasteiger charge is 2.16. The molecule has 0 saturated heterocycles. The third kappa shape index (κ3) is 3.90. The van der Waals surface area contributed by atoms with Crippen LogP contribution in [0, 0.1) is 5.82 Å². The molecule has 0 unspecified atom stereocenters. The average Bonchev–Trinajstić information content (AvgIpc) is 3.19. The van der Waals surface area contributed by atoms with Crippen molar-refractivity contribution in [2.45, 2.75) is 13.3 Å². The molecule has 0 aliphatic carbocycles. The Hall–Kier alpha value is -4.02. The van der Waals surface area contributed by atoms with Crippen molar-refractivity contribution in [2.75, 3.05) is 10.6 Å². The number of anilines is 3. The first-order chi connectivity index (χ1) is 14.4. The monoisotopic (exact) mass is 413 g/mol. The molecule has 11 heteroatoms. The number of fused-ring (bicyclic) bond motifs is 1. The summed E-state index contributed by atoms with van der Waals surface area (Å²) in [5, 5.41) is 5.86. The molecule has 1 amide bonds. The highest BCUT2D eigenvalue weighted by molar-refractivity contribution is 5.91. The number of H-pyrrole nitrogens is 1. The zero-order chi connectivity index (χ0) is 21.3. The van der Waals surface area contributed by atoms with Crippen LogP contribution in [0.25, 0.3) is 22.6 Å². The van der Waals surface area contributed by atoms with Crippen LogP contribution in [-0.4, -0.2) is 30.8 Å². The highest BCUT2D eigenvalue weighted by atomic mass is 19.3. The fraction of sp³-hybridized carbons (Fsp3) is 0.105. The number of halogens is 3. The van der Waals surface area contributed by atoms with Gasteiger partial charge in [-0.05, 0) is 18.2 Å². The number of carbonyl (C=O) groups excluding carboxylic acids is 1. The summed E-state index contributed by atoms with van der Waals surface area (Å²) in [5.74, 6) is -0.587. The van der Waals surface area contributed by atoms with Crippen LogP contribution >= 0.6 is 0 Å². The Morgan fingerprint density at radius 1 is 1.17 bits per heavy atom. The largest absolute Gasteiger partial charge is 0.346 e. The topological polar surface area (TPSA) is 108 Å². The fourth-order valence-corrected chi connectivity index (χ4v) is 2.76. The number of nitrogens with one attached hydrogen (secondary N) is 3. The summed E-state index contributed by atoms with van der Waals surface area (Å²) < 4.78 is 40.3. The van der Waals surface area contributed by atoms with Crippen LogP contribution in [0.4, 0.5) is 30.5 Å². The second-order valence-electron chi connectivity index (χ2n) is 6.24. The molecular formula is C19H14F3N7O. The molecule has 4 heterocycles. The smallest absolute Gasteiger partial charge is 0.280 e. The summed E-state index contributed by atoms with van der Waals surface area (Å²) in [7, 11) is 0. The van der Waals surface area contributed by atoms with Gasteiger partial charge in [0.25, 0.3) is 6.43 Å². The molecule has 0 fully saturated rings. The van der Waals surface area contributed by atoms with E-state index >= 15 is 0 Å². The van der Waals surface area contributed by atoms with Gasteiger partial charge in [0, 0.05) is 19.2 Å². The van der Waals surface area contributed by atoms with Crippen LogP contribution in [0.15, 0.2) is 42.7 Å². The van der Waals surface area contributed by atoms with Crippen LogP contribution in [0.2, 0.25) is 0 Å². The van der Waals surface area contributed by atoms with E-state index in [0.717, 1.165) is 6.20 Å².